The van der Waals surface area contributed by atoms with E-state index in [0.717, 1.165) is 31.4 Å². The maximum absolute atomic E-state index is 13.3. The van der Waals surface area contributed by atoms with Gasteiger partial charge in [0.25, 0.3) is 0 Å². The molecular formula is C18H24FNS. The van der Waals surface area contributed by atoms with Gasteiger partial charge in [0.1, 0.15) is 5.82 Å². The Hall–Kier alpha value is -1.19. The molecule has 0 aliphatic carbocycles. The number of thiophene rings is 1. The predicted molar refractivity (Wildman–Crippen MR) is 89.4 cm³/mol. The highest BCUT2D eigenvalue weighted by Crippen LogP contribution is 2.17. The molecule has 0 aliphatic rings. The third-order valence-electron chi connectivity index (χ3n) is 3.65. The normalized spacial score (nSPS) is 12.8. The molecule has 0 spiro atoms. The van der Waals surface area contributed by atoms with Crippen LogP contribution in [-0.4, -0.2) is 12.6 Å². The largest absolute Gasteiger partial charge is 0.314 e. The number of rotatable bonds is 8. The van der Waals surface area contributed by atoms with Crippen molar-refractivity contribution >= 4 is 11.3 Å². The summed E-state index contributed by atoms with van der Waals surface area (Å²) in [7, 11) is 0. The van der Waals surface area contributed by atoms with Crippen molar-refractivity contribution in [3.8, 4) is 0 Å². The van der Waals surface area contributed by atoms with Gasteiger partial charge in [-0.05, 0) is 71.8 Å². The SMILES string of the molecule is CC(C)NCC(CCc1ccsc1)Cc1cccc(F)c1. The van der Waals surface area contributed by atoms with E-state index in [4.69, 9.17) is 0 Å². The van der Waals surface area contributed by atoms with E-state index >= 15 is 0 Å². The van der Waals surface area contributed by atoms with E-state index < -0.39 is 0 Å². The first kappa shape index (κ1) is 16.2. The molecule has 1 aromatic heterocycles. The summed E-state index contributed by atoms with van der Waals surface area (Å²) in [6.07, 6.45) is 3.16. The van der Waals surface area contributed by atoms with Gasteiger partial charge in [-0.25, -0.2) is 4.39 Å². The molecule has 1 heterocycles. The van der Waals surface area contributed by atoms with Crippen LogP contribution in [0.15, 0.2) is 41.1 Å². The highest BCUT2D eigenvalue weighted by Gasteiger charge is 2.11. The van der Waals surface area contributed by atoms with E-state index in [1.807, 2.05) is 6.07 Å². The van der Waals surface area contributed by atoms with Gasteiger partial charge >= 0.3 is 0 Å². The number of nitrogens with one attached hydrogen (secondary N) is 1. The van der Waals surface area contributed by atoms with Crippen LogP contribution >= 0.6 is 11.3 Å². The second-order valence-corrected chi connectivity index (χ2v) is 6.71. The molecule has 0 saturated carbocycles. The quantitative estimate of drug-likeness (QED) is 0.747. The molecule has 2 rings (SSSR count). The van der Waals surface area contributed by atoms with Gasteiger partial charge in [0.15, 0.2) is 0 Å². The highest BCUT2D eigenvalue weighted by molar-refractivity contribution is 7.07. The standard InChI is InChI=1S/C18H24FNS/c1-14(2)20-12-17(7-6-15-8-9-21-13-15)10-16-4-3-5-18(19)11-16/h3-5,8-9,11,13-14,17,20H,6-7,10,12H2,1-2H3. The minimum Gasteiger partial charge on any atom is -0.314 e. The Labute approximate surface area is 131 Å². The fourth-order valence-corrected chi connectivity index (χ4v) is 3.18. The molecule has 1 unspecified atom stereocenters. The lowest BCUT2D eigenvalue weighted by atomic mass is 9.93. The number of hydrogen-bond acceptors (Lipinski definition) is 2. The maximum Gasteiger partial charge on any atom is 0.123 e. The molecular weight excluding hydrogens is 281 g/mol. The van der Waals surface area contributed by atoms with Crippen LogP contribution in [0.3, 0.4) is 0 Å². The summed E-state index contributed by atoms with van der Waals surface area (Å²) in [5.41, 5.74) is 2.50. The zero-order chi connectivity index (χ0) is 15.1. The summed E-state index contributed by atoms with van der Waals surface area (Å²) in [5, 5.41) is 7.87. The molecule has 1 N–H and O–H groups in total. The molecule has 2 aromatic rings. The lowest BCUT2D eigenvalue weighted by Crippen LogP contribution is -2.30. The van der Waals surface area contributed by atoms with Gasteiger partial charge in [0, 0.05) is 6.04 Å². The van der Waals surface area contributed by atoms with Crippen molar-refractivity contribution in [2.75, 3.05) is 6.54 Å². The summed E-state index contributed by atoms with van der Waals surface area (Å²) in [6.45, 7) is 5.31. The molecule has 114 valence electrons. The Morgan fingerprint density at radius 1 is 1.19 bits per heavy atom. The number of halogens is 1. The average molecular weight is 305 g/mol. The second-order valence-electron chi connectivity index (χ2n) is 5.93. The van der Waals surface area contributed by atoms with E-state index in [-0.39, 0.29) is 5.82 Å². The minimum absolute atomic E-state index is 0.138. The average Bonchev–Trinajstić information content (AvgIpc) is 2.95. The van der Waals surface area contributed by atoms with Crippen LogP contribution in [0.2, 0.25) is 0 Å². The van der Waals surface area contributed by atoms with Crippen molar-refractivity contribution in [1.29, 1.82) is 0 Å². The summed E-state index contributed by atoms with van der Waals surface area (Å²) >= 11 is 1.75. The Balaban J connectivity index is 1.93. The molecule has 0 fully saturated rings. The topological polar surface area (TPSA) is 12.0 Å². The van der Waals surface area contributed by atoms with Crippen LogP contribution in [0.1, 0.15) is 31.4 Å². The van der Waals surface area contributed by atoms with Crippen LogP contribution in [0.4, 0.5) is 4.39 Å². The van der Waals surface area contributed by atoms with Crippen molar-refractivity contribution in [3.05, 3.63) is 58.0 Å². The zero-order valence-corrected chi connectivity index (χ0v) is 13.6. The molecule has 0 aliphatic heterocycles. The van der Waals surface area contributed by atoms with Gasteiger partial charge in [-0.2, -0.15) is 11.3 Å². The molecule has 0 bridgehead atoms. The lowest BCUT2D eigenvalue weighted by molar-refractivity contribution is 0.422. The zero-order valence-electron chi connectivity index (χ0n) is 12.8. The van der Waals surface area contributed by atoms with E-state index in [9.17, 15) is 4.39 Å². The number of benzene rings is 1. The summed E-state index contributed by atoms with van der Waals surface area (Å²) < 4.78 is 13.3. The molecule has 1 nitrogen and oxygen atoms in total. The van der Waals surface area contributed by atoms with E-state index in [0.29, 0.717) is 12.0 Å². The smallest absolute Gasteiger partial charge is 0.123 e. The van der Waals surface area contributed by atoms with Gasteiger partial charge in [0.05, 0.1) is 0 Å². The maximum atomic E-state index is 13.3. The van der Waals surface area contributed by atoms with Gasteiger partial charge in [-0.15, -0.1) is 0 Å². The molecule has 0 saturated heterocycles. The monoisotopic (exact) mass is 305 g/mol. The van der Waals surface area contributed by atoms with Crippen molar-refractivity contribution < 1.29 is 4.39 Å². The van der Waals surface area contributed by atoms with Crippen molar-refractivity contribution in [3.63, 3.8) is 0 Å². The van der Waals surface area contributed by atoms with Gasteiger partial charge in [0.2, 0.25) is 0 Å². The van der Waals surface area contributed by atoms with E-state index in [2.05, 4.69) is 36.0 Å². The summed E-state index contributed by atoms with van der Waals surface area (Å²) in [5.74, 6) is 0.398. The predicted octanol–water partition coefficient (Wildman–Crippen LogP) is 4.68. The number of aryl methyl sites for hydroxylation is 1. The highest BCUT2D eigenvalue weighted by atomic mass is 32.1. The Bertz CT molecular complexity index is 522. The first-order chi connectivity index (χ1) is 10.1. The first-order valence-electron chi connectivity index (χ1n) is 7.62. The van der Waals surface area contributed by atoms with Gasteiger partial charge in [-0.1, -0.05) is 26.0 Å². The third-order valence-corrected chi connectivity index (χ3v) is 4.38. The summed E-state index contributed by atoms with van der Waals surface area (Å²) in [4.78, 5) is 0. The van der Waals surface area contributed by atoms with Crippen LogP contribution in [0.5, 0.6) is 0 Å². The van der Waals surface area contributed by atoms with Crippen molar-refractivity contribution in [1.82, 2.24) is 5.32 Å². The van der Waals surface area contributed by atoms with Crippen LogP contribution < -0.4 is 5.32 Å². The fraction of sp³-hybridized carbons (Fsp3) is 0.444. The molecule has 3 heteroatoms. The minimum atomic E-state index is -0.138. The lowest BCUT2D eigenvalue weighted by Gasteiger charge is -2.19. The van der Waals surface area contributed by atoms with Crippen LogP contribution in [-0.2, 0) is 12.8 Å². The second kappa shape index (κ2) is 8.30. The Kier molecular flexibility index (Phi) is 6.40. The van der Waals surface area contributed by atoms with Gasteiger partial charge < -0.3 is 5.32 Å². The van der Waals surface area contributed by atoms with Crippen molar-refractivity contribution in [2.45, 2.75) is 39.2 Å². The van der Waals surface area contributed by atoms with E-state index in [1.165, 1.54) is 11.6 Å². The van der Waals surface area contributed by atoms with E-state index in [1.54, 1.807) is 23.5 Å². The fourth-order valence-electron chi connectivity index (χ4n) is 2.48. The van der Waals surface area contributed by atoms with Crippen LogP contribution in [0.25, 0.3) is 0 Å². The van der Waals surface area contributed by atoms with Crippen molar-refractivity contribution in [2.24, 2.45) is 5.92 Å². The molecule has 1 aromatic carbocycles. The first-order valence-corrected chi connectivity index (χ1v) is 8.56. The number of hydrogen-bond donors (Lipinski definition) is 1. The molecule has 0 radical (unpaired) electrons. The Morgan fingerprint density at radius 2 is 2.05 bits per heavy atom. The van der Waals surface area contributed by atoms with Crippen LogP contribution in [0, 0.1) is 11.7 Å². The third kappa shape index (κ3) is 5.98. The molecule has 1 atom stereocenters. The molecule has 0 amide bonds. The summed E-state index contributed by atoms with van der Waals surface area (Å²) in [6, 6.07) is 9.68. The Morgan fingerprint density at radius 3 is 2.71 bits per heavy atom. The van der Waals surface area contributed by atoms with Gasteiger partial charge in [-0.3, -0.25) is 0 Å². The molecule has 21 heavy (non-hydrogen) atoms.